The Labute approximate surface area is 127 Å². The lowest BCUT2D eigenvalue weighted by molar-refractivity contribution is -0.391. The predicted octanol–water partition coefficient (Wildman–Crippen LogP) is 4.05. The van der Waals surface area contributed by atoms with Crippen LogP contribution < -0.4 is 9.47 Å². The molecule has 2 rings (SSSR count). The van der Waals surface area contributed by atoms with Crippen LogP contribution in [0.25, 0.3) is 0 Å². The average Bonchev–Trinajstić information content (AvgIpc) is 2.28. The van der Waals surface area contributed by atoms with Crippen molar-refractivity contribution < 1.29 is 36.9 Å². The predicted molar refractivity (Wildman–Crippen MR) is 67.9 cm³/mol. The van der Waals surface area contributed by atoms with Crippen molar-refractivity contribution in [2.75, 3.05) is 0 Å². The van der Waals surface area contributed by atoms with Crippen molar-refractivity contribution in [3.8, 4) is 11.5 Å². The van der Waals surface area contributed by atoms with Gasteiger partial charge in [-0.05, 0) is 11.6 Å². The van der Waals surface area contributed by atoms with E-state index in [-0.39, 0.29) is 17.0 Å². The van der Waals surface area contributed by atoms with E-state index in [9.17, 15) is 22.4 Å². The zero-order valence-corrected chi connectivity index (χ0v) is 12.2. The number of rotatable bonds is 3. The Morgan fingerprint density at radius 3 is 2.09 bits per heavy atom. The molecule has 1 N–H and O–H groups in total. The fraction of sp³-hybridized carbons (Fsp3) is 0.462. The fourth-order valence-electron chi connectivity index (χ4n) is 2.08. The van der Waals surface area contributed by atoms with Gasteiger partial charge in [0, 0.05) is 16.5 Å². The number of carboxylic acid groups (broad SMARTS) is 1. The number of alkyl halides is 4. The summed E-state index contributed by atoms with van der Waals surface area (Å²) in [5, 5.41) is 8.78. The highest BCUT2D eigenvalue weighted by molar-refractivity contribution is 6.31. The third-order valence-corrected chi connectivity index (χ3v) is 3.48. The topological polar surface area (TPSA) is 55.8 Å². The standard InChI is InChI=1S/C13H11ClF4O4/c1-11(2,5-10(19)20)6-3-8-9(4-7(6)14)22-13(17,18)12(15,16)21-8/h3-4H,5H2,1-2H3,(H,19,20). The monoisotopic (exact) mass is 342 g/mol. The molecule has 0 fully saturated rings. The molecule has 4 nitrogen and oxygen atoms in total. The van der Waals surface area contributed by atoms with Gasteiger partial charge in [0.15, 0.2) is 11.5 Å². The number of carboxylic acids is 1. The average molecular weight is 343 g/mol. The Kier molecular flexibility index (Phi) is 3.72. The van der Waals surface area contributed by atoms with Crippen LogP contribution in [0.3, 0.4) is 0 Å². The molecule has 0 saturated heterocycles. The Morgan fingerprint density at radius 1 is 1.18 bits per heavy atom. The van der Waals surface area contributed by atoms with E-state index in [1.807, 2.05) is 0 Å². The molecule has 0 atom stereocenters. The molecule has 9 heteroatoms. The van der Waals surface area contributed by atoms with Crippen LogP contribution in [-0.4, -0.2) is 23.3 Å². The quantitative estimate of drug-likeness (QED) is 0.842. The molecule has 1 aliphatic heterocycles. The number of carbonyl (C=O) groups is 1. The second kappa shape index (κ2) is 4.91. The van der Waals surface area contributed by atoms with Gasteiger partial charge in [-0.3, -0.25) is 4.79 Å². The van der Waals surface area contributed by atoms with Crippen molar-refractivity contribution in [1.29, 1.82) is 0 Å². The smallest absolute Gasteiger partial charge is 0.481 e. The Morgan fingerprint density at radius 2 is 1.64 bits per heavy atom. The summed E-state index contributed by atoms with van der Waals surface area (Å²) >= 11 is 5.93. The van der Waals surface area contributed by atoms with Crippen molar-refractivity contribution in [3.63, 3.8) is 0 Å². The van der Waals surface area contributed by atoms with E-state index in [4.69, 9.17) is 16.7 Å². The molecule has 122 valence electrons. The van der Waals surface area contributed by atoms with Crippen LogP contribution in [0, 0.1) is 0 Å². The van der Waals surface area contributed by atoms with Crippen LogP contribution in [0.4, 0.5) is 17.6 Å². The van der Waals surface area contributed by atoms with Crippen molar-refractivity contribution >= 4 is 17.6 Å². The summed E-state index contributed by atoms with van der Waals surface area (Å²) in [4.78, 5) is 10.9. The maximum atomic E-state index is 13.2. The molecule has 0 aromatic heterocycles. The zero-order chi connectivity index (χ0) is 16.9. The van der Waals surface area contributed by atoms with Gasteiger partial charge in [-0.2, -0.15) is 17.6 Å². The van der Waals surface area contributed by atoms with Crippen LogP contribution in [0.2, 0.25) is 5.02 Å². The summed E-state index contributed by atoms with van der Waals surface area (Å²) < 4.78 is 60.5. The molecule has 1 aromatic carbocycles. The highest BCUT2D eigenvalue weighted by Gasteiger charge is 2.66. The highest BCUT2D eigenvalue weighted by atomic mass is 35.5. The van der Waals surface area contributed by atoms with E-state index in [0.29, 0.717) is 0 Å². The molecule has 1 heterocycles. The highest BCUT2D eigenvalue weighted by Crippen LogP contribution is 2.49. The van der Waals surface area contributed by atoms with E-state index in [2.05, 4.69) is 9.47 Å². The molecule has 0 spiro atoms. The first kappa shape index (κ1) is 16.7. The lowest BCUT2D eigenvalue weighted by atomic mass is 9.81. The number of halogens is 5. The van der Waals surface area contributed by atoms with Crippen molar-refractivity contribution in [2.24, 2.45) is 0 Å². The minimum absolute atomic E-state index is 0.0883. The van der Waals surface area contributed by atoms with Crippen LogP contribution in [0.15, 0.2) is 12.1 Å². The van der Waals surface area contributed by atoms with Gasteiger partial charge < -0.3 is 14.6 Å². The van der Waals surface area contributed by atoms with Crippen molar-refractivity contribution in [3.05, 3.63) is 22.7 Å². The lowest BCUT2D eigenvalue weighted by Gasteiger charge is -2.33. The first-order chi connectivity index (χ1) is 9.86. The fourth-order valence-corrected chi connectivity index (χ4v) is 2.49. The Hall–Kier alpha value is -1.70. The normalized spacial score (nSPS) is 18.9. The molecule has 0 amide bonds. The third kappa shape index (κ3) is 2.79. The molecular formula is C13H11ClF4O4. The van der Waals surface area contributed by atoms with E-state index < -0.39 is 35.1 Å². The summed E-state index contributed by atoms with van der Waals surface area (Å²) in [5.74, 6) is -2.41. The summed E-state index contributed by atoms with van der Waals surface area (Å²) in [5.41, 5.74) is -0.865. The molecule has 1 aromatic rings. The maximum absolute atomic E-state index is 13.2. The maximum Gasteiger partial charge on any atom is 0.507 e. The number of aliphatic carboxylic acids is 1. The van der Waals surface area contributed by atoms with Gasteiger partial charge in [-0.1, -0.05) is 25.4 Å². The second-order valence-corrected chi connectivity index (χ2v) is 5.88. The largest absolute Gasteiger partial charge is 0.507 e. The van der Waals surface area contributed by atoms with Gasteiger partial charge in [-0.15, -0.1) is 0 Å². The van der Waals surface area contributed by atoms with Crippen LogP contribution in [0.5, 0.6) is 11.5 Å². The van der Waals surface area contributed by atoms with Crippen LogP contribution in [0.1, 0.15) is 25.8 Å². The van der Waals surface area contributed by atoms with Gasteiger partial charge >= 0.3 is 18.2 Å². The van der Waals surface area contributed by atoms with E-state index in [0.717, 1.165) is 12.1 Å². The summed E-state index contributed by atoms with van der Waals surface area (Å²) in [7, 11) is 0. The molecule has 0 unspecified atom stereocenters. The first-order valence-corrected chi connectivity index (χ1v) is 6.43. The minimum Gasteiger partial charge on any atom is -0.481 e. The van der Waals surface area contributed by atoms with Gasteiger partial charge in [0.2, 0.25) is 0 Å². The van der Waals surface area contributed by atoms with Crippen LogP contribution >= 0.6 is 11.6 Å². The van der Waals surface area contributed by atoms with E-state index in [1.165, 1.54) is 13.8 Å². The first-order valence-electron chi connectivity index (χ1n) is 6.05. The molecule has 0 aliphatic carbocycles. The van der Waals surface area contributed by atoms with Gasteiger partial charge in [-0.25, -0.2) is 0 Å². The molecule has 0 bridgehead atoms. The molecule has 1 aliphatic rings. The number of ether oxygens (including phenoxy) is 2. The minimum atomic E-state index is -4.85. The summed E-state index contributed by atoms with van der Waals surface area (Å²) in [6, 6.07) is 1.89. The van der Waals surface area contributed by atoms with Crippen LogP contribution in [-0.2, 0) is 10.2 Å². The summed E-state index contributed by atoms with van der Waals surface area (Å²) in [6.45, 7) is 3.04. The third-order valence-electron chi connectivity index (χ3n) is 3.17. The van der Waals surface area contributed by atoms with Gasteiger partial charge in [0.1, 0.15) is 0 Å². The molecule has 0 saturated carbocycles. The SMILES string of the molecule is CC(C)(CC(=O)O)c1cc2c(cc1Cl)OC(F)(F)C(F)(F)O2. The Bertz CT molecular complexity index is 631. The summed E-state index contributed by atoms with van der Waals surface area (Å²) in [6.07, 6.45) is -10.0. The van der Waals surface area contributed by atoms with E-state index >= 15 is 0 Å². The molecule has 0 radical (unpaired) electrons. The van der Waals surface area contributed by atoms with Gasteiger partial charge in [0.25, 0.3) is 0 Å². The van der Waals surface area contributed by atoms with E-state index in [1.54, 1.807) is 0 Å². The van der Waals surface area contributed by atoms with Crippen molar-refractivity contribution in [1.82, 2.24) is 0 Å². The zero-order valence-electron chi connectivity index (χ0n) is 11.4. The molecule has 22 heavy (non-hydrogen) atoms. The second-order valence-electron chi connectivity index (χ2n) is 5.47. The van der Waals surface area contributed by atoms with Gasteiger partial charge in [0.05, 0.1) is 6.42 Å². The lowest BCUT2D eigenvalue weighted by Crippen LogP contribution is -2.52. The number of hydrogen-bond donors (Lipinski definition) is 1. The number of benzene rings is 1. The Balaban J connectivity index is 2.50. The number of fused-ring (bicyclic) bond motifs is 1. The number of hydrogen-bond acceptors (Lipinski definition) is 3. The molecular weight excluding hydrogens is 332 g/mol. The van der Waals surface area contributed by atoms with Crippen molar-refractivity contribution in [2.45, 2.75) is 37.9 Å².